The van der Waals surface area contributed by atoms with Gasteiger partial charge in [0.2, 0.25) is 5.43 Å². The van der Waals surface area contributed by atoms with Crippen molar-refractivity contribution in [2.75, 3.05) is 0 Å². The molecule has 2 rings (SSSR count). The molecule has 0 radical (unpaired) electrons. The Labute approximate surface area is 102 Å². The number of benzene rings is 1. The number of fused-ring (bicyclic) bond motifs is 1. The van der Waals surface area contributed by atoms with E-state index in [4.69, 9.17) is 20.8 Å². The van der Waals surface area contributed by atoms with E-state index in [1.807, 2.05) is 0 Å². The molecule has 0 N–H and O–H groups in total. The maximum Gasteiger partial charge on any atom is 0.308 e. The molecule has 2 aromatic rings. The Hall–Kier alpha value is -1.81. The number of hydrogen-bond acceptors (Lipinski definition) is 4. The molecular formula is C12H9ClO4. The van der Waals surface area contributed by atoms with E-state index in [0.717, 1.165) is 0 Å². The first-order valence-electron chi connectivity index (χ1n) is 4.89. The van der Waals surface area contributed by atoms with Gasteiger partial charge in [-0.15, -0.1) is 0 Å². The first-order chi connectivity index (χ1) is 8.00. The first kappa shape index (κ1) is 11.7. The Bertz CT molecular complexity index is 657. The molecule has 0 spiro atoms. The lowest BCUT2D eigenvalue weighted by atomic mass is 10.1. The van der Waals surface area contributed by atoms with E-state index in [2.05, 4.69) is 0 Å². The zero-order valence-corrected chi connectivity index (χ0v) is 10.00. The minimum Gasteiger partial charge on any atom is -0.462 e. The van der Waals surface area contributed by atoms with E-state index >= 15 is 0 Å². The second-order valence-electron chi connectivity index (χ2n) is 3.57. The van der Waals surface area contributed by atoms with Crippen molar-refractivity contribution in [1.29, 1.82) is 0 Å². The second-order valence-corrected chi connectivity index (χ2v) is 3.98. The van der Waals surface area contributed by atoms with Crippen molar-refractivity contribution < 1.29 is 13.9 Å². The normalized spacial score (nSPS) is 10.5. The van der Waals surface area contributed by atoms with Gasteiger partial charge in [0.05, 0.1) is 5.39 Å². The van der Waals surface area contributed by atoms with Crippen molar-refractivity contribution in [2.45, 2.75) is 13.8 Å². The Morgan fingerprint density at radius 3 is 2.76 bits per heavy atom. The van der Waals surface area contributed by atoms with Gasteiger partial charge < -0.3 is 9.15 Å². The van der Waals surface area contributed by atoms with Gasteiger partial charge in [0, 0.05) is 12.5 Å². The van der Waals surface area contributed by atoms with Gasteiger partial charge in [-0.25, -0.2) is 0 Å². The fourth-order valence-electron chi connectivity index (χ4n) is 1.56. The van der Waals surface area contributed by atoms with Crippen molar-refractivity contribution in [3.8, 4) is 5.75 Å². The third-order valence-electron chi connectivity index (χ3n) is 2.35. The largest absolute Gasteiger partial charge is 0.462 e. The van der Waals surface area contributed by atoms with E-state index in [9.17, 15) is 9.59 Å². The molecule has 17 heavy (non-hydrogen) atoms. The molecule has 0 bridgehead atoms. The molecule has 4 nitrogen and oxygen atoms in total. The van der Waals surface area contributed by atoms with Crippen molar-refractivity contribution in [3.05, 3.63) is 39.2 Å². The van der Waals surface area contributed by atoms with E-state index in [-0.39, 0.29) is 10.5 Å². The van der Waals surface area contributed by atoms with Gasteiger partial charge >= 0.3 is 5.97 Å². The average Bonchev–Trinajstić information content (AvgIpc) is 2.27. The summed E-state index contributed by atoms with van der Waals surface area (Å²) in [7, 11) is 0. The third-order valence-corrected chi connectivity index (χ3v) is 2.61. The fraction of sp³-hybridized carbons (Fsp3) is 0.167. The highest BCUT2D eigenvalue weighted by Crippen LogP contribution is 2.26. The lowest BCUT2D eigenvalue weighted by molar-refractivity contribution is -0.131. The van der Waals surface area contributed by atoms with Crippen LogP contribution in [0.3, 0.4) is 0 Å². The third kappa shape index (κ3) is 2.03. The topological polar surface area (TPSA) is 56.5 Å². The monoisotopic (exact) mass is 252 g/mol. The van der Waals surface area contributed by atoms with Crippen LogP contribution >= 0.6 is 11.6 Å². The number of halogens is 1. The molecule has 5 heteroatoms. The average molecular weight is 253 g/mol. The molecule has 0 saturated heterocycles. The van der Waals surface area contributed by atoms with Gasteiger partial charge in [0.15, 0.2) is 0 Å². The van der Waals surface area contributed by atoms with Crippen LogP contribution < -0.4 is 10.2 Å². The minimum absolute atomic E-state index is 0.0251. The molecule has 88 valence electrons. The van der Waals surface area contributed by atoms with Gasteiger partial charge in [-0.2, -0.15) is 0 Å². The molecule has 1 heterocycles. The summed E-state index contributed by atoms with van der Waals surface area (Å²) in [6, 6.07) is 3.07. The Balaban J connectivity index is 2.73. The summed E-state index contributed by atoms with van der Waals surface area (Å²) >= 11 is 5.67. The van der Waals surface area contributed by atoms with E-state index in [0.29, 0.717) is 22.3 Å². The highest BCUT2D eigenvalue weighted by Gasteiger charge is 2.12. The summed E-state index contributed by atoms with van der Waals surface area (Å²) in [4.78, 5) is 22.6. The molecule has 0 aliphatic rings. The summed E-state index contributed by atoms with van der Waals surface area (Å²) < 4.78 is 10.2. The summed E-state index contributed by atoms with van der Waals surface area (Å²) in [5.41, 5.74) is 0.662. The van der Waals surface area contributed by atoms with Crippen molar-refractivity contribution in [3.63, 3.8) is 0 Å². The highest BCUT2D eigenvalue weighted by molar-refractivity contribution is 6.30. The molecule has 0 atom stereocenters. The summed E-state index contributed by atoms with van der Waals surface area (Å²) in [5.74, 6) is -0.0563. The molecule has 0 fully saturated rings. The number of carbonyl (C=O) groups excluding carboxylic acids is 1. The molecule has 0 saturated carbocycles. The summed E-state index contributed by atoms with van der Waals surface area (Å²) in [6.45, 7) is 3.01. The standard InChI is InChI=1S/C12H9ClO4/c1-6-10(17-7(2)14)4-3-8-11(15)9(13)5-16-12(6)8/h3-5H,1-2H3. The Morgan fingerprint density at radius 1 is 1.41 bits per heavy atom. The van der Waals surface area contributed by atoms with Gasteiger partial charge in [0.25, 0.3) is 0 Å². The smallest absolute Gasteiger partial charge is 0.308 e. The van der Waals surface area contributed by atoms with Crippen molar-refractivity contribution in [1.82, 2.24) is 0 Å². The molecular weight excluding hydrogens is 244 g/mol. The number of carbonyl (C=O) groups is 1. The van der Waals surface area contributed by atoms with Crippen molar-refractivity contribution >= 4 is 28.5 Å². The quantitative estimate of drug-likeness (QED) is 0.578. The highest BCUT2D eigenvalue weighted by atomic mass is 35.5. The Kier molecular flexibility index (Phi) is 2.90. The van der Waals surface area contributed by atoms with Crippen molar-refractivity contribution in [2.24, 2.45) is 0 Å². The van der Waals surface area contributed by atoms with Crippen LogP contribution in [0, 0.1) is 6.92 Å². The van der Waals surface area contributed by atoms with E-state index in [1.54, 1.807) is 13.0 Å². The predicted molar refractivity (Wildman–Crippen MR) is 63.5 cm³/mol. The van der Waals surface area contributed by atoms with Gasteiger partial charge in [-0.05, 0) is 19.1 Å². The van der Waals surface area contributed by atoms with Crippen LogP contribution in [0.5, 0.6) is 5.75 Å². The SMILES string of the molecule is CC(=O)Oc1ccc2c(=O)c(Cl)coc2c1C. The zero-order chi connectivity index (χ0) is 12.6. The summed E-state index contributed by atoms with van der Waals surface area (Å²) in [6.07, 6.45) is 1.18. The molecule has 0 aliphatic carbocycles. The van der Waals surface area contributed by atoms with Crippen LogP contribution in [0.4, 0.5) is 0 Å². The van der Waals surface area contributed by atoms with Crippen LogP contribution in [-0.2, 0) is 4.79 Å². The molecule has 1 aromatic heterocycles. The molecule has 0 unspecified atom stereocenters. The zero-order valence-electron chi connectivity index (χ0n) is 9.24. The number of hydrogen-bond donors (Lipinski definition) is 0. The van der Waals surface area contributed by atoms with E-state index in [1.165, 1.54) is 19.3 Å². The maximum atomic E-state index is 11.7. The van der Waals surface area contributed by atoms with Crippen LogP contribution in [0.15, 0.2) is 27.6 Å². The lowest BCUT2D eigenvalue weighted by Gasteiger charge is -2.07. The second kappa shape index (κ2) is 4.22. The first-order valence-corrected chi connectivity index (χ1v) is 5.27. The van der Waals surface area contributed by atoms with Crippen LogP contribution in [0.25, 0.3) is 11.0 Å². The molecule has 0 amide bonds. The number of aryl methyl sites for hydroxylation is 1. The minimum atomic E-state index is -0.427. The molecule has 0 aliphatic heterocycles. The van der Waals surface area contributed by atoms with E-state index < -0.39 is 5.97 Å². The fourth-order valence-corrected chi connectivity index (χ4v) is 1.71. The maximum absolute atomic E-state index is 11.7. The number of ether oxygens (including phenoxy) is 1. The number of esters is 1. The predicted octanol–water partition coefficient (Wildman–Crippen LogP) is 2.68. The van der Waals surface area contributed by atoms with Gasteiger partial charge in [-0.3, -0.25) is 9.59 Å². The number of rotatable bonds is 1. The van der Waals surface area contributed by atoms with Gasteiger partial charge in [0.1, 0.15) is 22.6 Å². The molecule has 1 aromatic carbocycles. The van der Waals surface area contributed by atoms with Gasteiger partial charge in [-0.1, -0.05) is 11.6 Å². The lowest BCUT2D eigenvalue weighted by Crippen LogP contribution is -2.05. The van der Waals surface area contributed by atoms with Crippen LogP contribution in [-0.4, -0.2) is 5.97 Å². The van der Waals surface area contributed by atoms with Crippen LogP contribution in [0.1, 0.15) is 12.5 Å². The summed E-state index contributed by atoms with van der Waals surface area (Å²) in [5, 5.41) is 0.392. The van der Waals surface area contributed by atoms with Crippen LogP contribution in [0.2, 0.25) is 5.02 Å². The Morgan fingerprint density at radius 2 is 2.12 bits per heavy atom.